The second kappa shape index (κ2) is 11.0. The first-order valence-electron chi connectivity index (χ1n) is 8.33. The van der Waals surface area contributed by atoms with Crippen LogP contribution < -0.4 is 10.6 Å². The zero-order chi connectivity index (χ0) is 18.7. The molecule has 0 radical (unpaired) electrons. The molecule has 0 saturated carbocycles. The summed E-state index contributed by atoms with van der Waals surface area (Å²) < 4.78 is 0. The molecule has 1 aromatic rings. The van der Waals surface area contributed by atoms with Crippen molar-refractivity contribution in [1.82, 2.24) is 10.6 Å². The van der Waals surface area contributed by atoms with Gasteiger partial charge in [-0.2, -0.15) is 0 Å². The van der Waals surface area contributed by atoms with Crippen molar-refractivity contribution in [2.24, 2.45) is 5.92 Å². The van der Waals surface area contributed by atoms with Gasteiger partial charge in [0, 0.05) is 19.9 Å². The third kappa shape index (κ3) is 8.69. The third-order valence-corrected chi connectivity index (χ3v) is 3.81. The standard InChI is InChI=1S/C19H26N2O4/c1-3-7-17(21-14(2)22)19(25)20-13-16(12-18(23)24)11-10-15-8-5-4-6-9-15/h3-6,8-9,16-17H,1,7,10-13H2,2H3,(H,20,25)(H,21,22)(H,23,24). The second-order valence-corrected chi connectivity index (χ2v) is 6.01. The highest BCUT2D eigenvalue weighted by Gasteiger charge is 2.20. The third-order valence-electron chi connectivity index (χ3n) is 3.81. The molecule has 25 heavy (non-hydrogen) atoms. The maximum absolute atomic E-state index is 12.2. The maximum atomic E-state index is 12.2. The quantitative estimate of drug-likeness (QED) is 0.533. The Morgan fingerprint density at radius 1 is 1.24 bits per heavy atom. The summed E-state index contributed by atoms with van der Waals surface area (Å²) in [6.07, 6.45) is 3.27. The van der Waals surface area contributed by atoms with E-state index in [1.165, 1.54) is 6.92 Å². The van der Waals surface area contributed by atoms with Crippen LogP contribution in [-0.2, 0) is 20.8 Å². The molecule has 1 aromatic carbocycles. The summed E-state index contributed by atoms with van der Waals surface area (Å²) in [5, 5.41) is 14.4. The fraction of sp³-hybridized carbons (Fsp3) is 0.421. The molecule has 0 aliphatic rings. The van der Waals surface area contributed by atoms with Crippen LogP contribution >= 0.6 is 0 Å². The predicted molar refractivity (Wildman–Crippen MR) is 95.9 cm³/mol. The molecular formula is C19H26N2O4. The lowest BCUT2D eigenvalue weighted by molar-refractivity contribution is -0.138. The number of aryl methyl sites for hydroxylation is 1. The first-order valence-corrected chi connectivity index (χ1v) is 8.33. The summed E-state index contributed by atoms with van der Waals surface area (Å²) in [6, 6.07) is 9.11. The van der Waals surface area contributed by atoms with Crippen LogP contribution in [0.3, 0.4) is 0 Å². The number of hydrogen-bond acceptors (Lipinski definition) is 3. The van der Waals surface area contributed by atoms with Crippen LogP contribution in [0.5, 0.6) is 0 Å². The SMILES string of the molecule is C=CCC(NC(C)=O)C(=O)NCC(CCc1ccccc1)CC(=O)O. The Kier molecular flexibility index (Phi) is 9.00. The number of amides is 2. The van der Waals surface area contributed by atoms with Crippen molar-refractivity contribution in [2.45, 2.75) is 38.6 Å². The highest BCUT2D eigenvalue weighted by molar-refractivity contribution is 5.86. The first-order chi connectivity index (χ1) is 11.9. The van der Waals surface area contributed by atoms with Crippen molar-refractivity contribution in [3.8, 4) is 0 Å². The molecule has 2 unspecified atom stereocenters. The molecule has 0 heterocycles. The first kappa shape index (κ1) is 20.4. The smallest absolute Gasteiger partial charge is 0.303 e. The average molecular weight is 346 g/mol. The molecule has 0 saturated heterocycles. The molecule has 0 aliphatic heterocycles. The topological polar surface area (TPSA) is 95.5 Å². The predicted octanol–water partition coefficient (Wildman–Crippen LogP) is 1.91. The van der Waals surface area contributed by atoms with Crippen molar-refractivity contribution in [3.05, 3.63) is 48.6 Å². The zero-order valence-electron chi connectivity index (χ0n) is 14.5. The van der Waals surface area contributed by atoms with Crippen LogP contribution in [0, 0.1) is 5.92 Å². The van der Waals surface area contributed by atoms with Gasteiger partial charge in [0.05, 0.1) is 0 Å². The lowest BCUT2D eigenvalue weighted by Crippen LogP contribution is -2.47. The minimum Gasteiger partial charge on any atom is -0.481 e. The summed E-state index contributed by atoms with van der Waals surface area (Å²) in [5.41, 5.74) is 1.13. The van der Waals surface area contributed by atoms with Crippen LogP contribution in [0.15, 0.2) is 43.0 Å². The van der Waals surface area contributed by atoms with Crippen molar-refractivity contribution < 1.29 is 19.5 Å². The Morgan fingerprint density at radius 2 is 1.92 bits per heavy atom. The van der Waals surface area contributed by atoms with Crippen LogP contribution in [0.2, 0.25) is 0 Å². The van der Waals surface area contributed by atoms with Gasteiger partial charge >= 0.3 is 5.97 Å². The summed E-state index contributed by atoms with van der Waals surface area (Å²) in [7, 11) is 0. The lowest BCUT2D eigenvalue weighted by Gasteiger charge is -2.19. The molecule has 0 spiro atoms. The summed E-state index contributed by atoms with van der Waals surface area (Å²) in [5.74, 6) is -1.70. The minimum absolute atomic E-state index is 0.0145. The Morgan fingerprint density at radius 3 is 2.48 bits per heavy atom. The molecule has 6 nitrogen and oxygen atoms in total. The Labute approximate surface area is 148 Å². The van der Waals surface area contributed by atoms with E-state index in [0.29, 0.717) is 12.8 Å². The monoisotopic (exact) mass is 346 g/mol. The van der Waals surface area contributed by atoms with Crippen LogP contribution in [-0.4, -0.2) is 35.5 Å². The number of hydrogen-bond donors (Lipinski definition) is 3. The van der Waals surface area contributed by atoms with Crippen molar-refractivity contribution in [3.63, 3.8) is 0 Å². The molecule has 1 rings (SSSR count). The van der Waals surface area contributed by atoms with Gasteiger partial charge < -0.3 is 15.7 Å². The summed E-state index contributed by atoms with van der Waals surface area (Å²) in [6.45, 7) is 5.18. The molecule has 0 bridgehead atoms. The molecule has 0 fully saturated rings. The van der Waals surface area contributed by atoms with Crippen molar-refractivity contribution in [1.29, 1.82) is 0 Å². The largest absolute Gasteiger partial charge is 0.481 e. The highest BCUT2D eigenvalue weighted by Crippen LogP contribution is 2.13. The van der Waals surface area contributed by atoms with E-state index in [-0.39, 0.29) is 30.7 Å². The fourth-order valence-corrected chi connectivity index (χ4v) is 2.55. The van der Waals surface area contributed by atoms with E-state index in [2.05, 4.69) is 17.2 Å². The summed E-state index contributed by atoms with van der Waals surface area (Å²) in [4.78, 5) is 34.5. The average Bonchev–Trinajstić information content (AvgIpc) is 2.56. The Hall–Kier alpha value is -2.63. The number of carboxylic acids is 1. The number of aliphatic carboxylic acids is 1. The number of carbonyl (C=O) groups is 3. The molecule has 6 heteroatoms. The Bertz CT molecular complexity index is 586. The van der Waals surface area contributed by atoms with Crippen LogP contribution in [0.4, 0.5) is 0 Å². The summed E-state index contributed by atoms with van der Waals surface area (Å²) >= 11 is 0. The zero-order valence-corrected chi connectivity index (χ0v) is 14.5. The van der Waals surface area contributed by atoms with Crippen LogP contribution in [0.1, 0.15) is 31.7 Å². The highest BCUT2D eigenvalue weighted by atomic mass is 16.4. The van der Waals surface area contributed by atoms with Gasteiger partial charge in [0.2, 0.25) is 11.8 Å². The van der Waals surface area contributed by atoms with E-state index < -0.39 is 12.0 Å². The van der Waals surface area contributed by atoms with Gasteiger partial charge in [0.25, 0.3) is 0 Å². The van der Waals surface area contributed by atoms with E-state index >= 15 is 0 Å². The van der Waals surface area contributed by atoms with E-state index in [1.54, 1.807) is 6.08 Å². The van der Waals surface area contributed by atoms with Crippen LogP contribution in [0.25, 0.3) is 0 Å². The van der Waals surface area contributed by atoms with Gasteiger partial charge in [-0.3, -0.25) is 14.4 Å². The minimum atomic E-state index is -0.892. The van der Waals surface area contributed by atoms with Gasteiger partial charge in [-0.15, -0.1) is 6.58 Å². The number of rotatable bonds is 11. The normalized spacial score (nSPS) is 12.7. The van der Waals surface area contributed by atoms with Gasteiger partial charge in [-0.05, 0) is 30.7 Å². The van der Waals surface area contributed by atoms with Crippen molar-refractivity contribution in [2.75, 3.05) is 6.54 Å². The second-order valence-electron chi connectivity index (χ2n) is 6.01. The van der Waals surface area contributed by atoms with Crippen molar-refractivity contribution >= 4 is 17.8 Å². The molecule has 0 aromatic heterocycles. The Balaban J connectivity index is 2.58. The van der Waals surface area contributed by atoms with E-state index in [9.17, 15) is 14.4 Å². The number of carbonyl (C=O) groups excluding carboxylic acids is 2. The van der Waals surface area contributed by atoms with E-state index in [4.69, 9.17) is 5.11 Å². The molecule has 2 atom stereocenters. The fourth-order valence-electron chi connectivity index (χ4n) is 2.55. The molecule has 0 aliphatic carbocycles. The molecule has 3 N–H and O–H groups in total. The van der Waals surface area contributed by atoms with E-state index in [0.717, 1.165) is 12.0 Å². The number of nitrogens with one attached hydrogen (secondary N) is 2. The van der Waals surface area contributed by atoms with Gasteiger partial charge in [-0.1, -0.05) is 36.4 Å². The molecular weight excluding hydrogens is 320 g/mol. The van der Waals surface area contributed by atoms with Gasteiger partial charge in [0.1, 0.15) is 6.04 Å². The van der Waals surface area contributed by atoms with Gasteiger partial charge in [0.15, 0.2) is 0 Å². The van der Waals surface area contributed by atoms with E-state index in [1.807, 2.05) is 30.3 Å². The number of benzene rings is 1. The maximum Gasteiger partial charge on any atom is 0.303 e. The van der Waals surface area contributed by atoms with Gasteiger partial charge in [-0.25, -0.2) is 0 Å². The lowest BCUT2D eigenvalue weighted by atomic mass is 9.96. The molecule has 136 valence electrons. The number of carboxylic acid groups (broad SMARTS) is 1. The molecule has 2 amide bonds.